The molecule has 1 aliphatic rings. The van der Waals surface area contributed by atoms with E-state index in [2.05, 4.69) is 10.3 Å². The maximum atomic E-state index is 13.3. The Hall–Kier alpha value is -3.06. The maximum Gasteiger partial charge on any atom is 0.475 e. The summed E-state index contributed by atoms with van der Waals surface area (Å²) in [6.07, 6.45) is 5.09. The summed E-state index contributed by atoms with van der Waals surface area (Å²) >= 11 is 0. The van der Waals surface area contributed by atoms with E-state index < -0.39 is 50.3 Å². The SMILES string of the molecule is C.O=C(N[C@@H](CC1CC1)B(O)O)[C@H](Cc1ccccc1)CS(=O)(=O)c1ccc(S(=O)(=O)c2cccnc2)cc1. The minimum absolute atomic E-state index is 0. The Morgan fingerprint density at radius 3 is 2.13 bits per heavy atom. The van der Waals surface area contributed by atoms with Crippen LogP contribution < -0.4 is 5.32 Å². The van der Waals surface area contributed by atoms with Crippen LogP contribution in [0.4, 0.5) is 0 Å². The van der Waals surface area contributed by atoms with Gasteiger partial charge in [-0.2, -0.15) is 0 Å². The number of carbonyl (C=O) groups is 1. The summed E-state index contributed by atoms with van der Waals surface area (Å²) in [6, 6.07) is 16.7. The molecule has 39 heavy (non-hydrogen) atoms. The fourth-order valence-electron chi connectivity index (χ4n) is 4.22. The molecule has 2 atom stereocenters. The van der Waals surface area contributed by atoms with E-state index in [-0.39, 0.29) is 28.5 Å². The van der Waals surface area contributed by atoms with Crippen LogP contribution in [0.1, 0.15) is 32.3 Å². The van der Waals surface area contributed by atoms with Gasteiger partial charge < -0.3 is 15.4 Å². The molecular weight excluding hydrogens is 539 g/mol. The lowest BCUT2D eigenvalue weighted by Crippen LogP contribution is -2.50. The van der Waals surface area contributed by atoms with E-state index in [0.29, 0.717) is 12.3 Å². The summed E-state index contributed by atoms with van der Waals surface area (Å²) < 4.78 is 52.3. The van der Waals surface area contributed by atoms with Gasteiger partial charge in [0, 0.05) is 12.4 Å². The monoisotopic (exact) mass is 572 g/mol. The largest absolute Gasteiger partial charge is 0.475 e. The number of hydrogen-bond donors (Lipinski definition) is 3. The third-order valence-electron chi connectivity index (χ3n) is 6.53. The van der Waals surface area contributed by atoms with Crippen molar-refractivity contribution in [3.8, 4) is 0 Å². The molecule has 208 valence electrons. The van der Waals surface area contributed by atoms with E-state index in [0.717, 1.165) is 18.4 Å². The van der Waals surface area contributed by atoms with Gasteiger partial charge in [-0.15, -0.1) is 0 Å². The average molecular weight is 573 g/mol. The van der Waals surface area contributed by atoms with Crippen molar-refractivity contribution in [2.24, 2.45) is 11.8 Å². The second-order valence-corrected chi connectivity index (χ2v) is 13.5. The molecule has 1 saturated carbocycles. The molecular formula is C27H33BN2O7S2. The number of amides is 1. The van der Waals surface area contributed by atoms with Crippen LogP contribution in [0.15, 0.2) is 93.8 Å². The standard InChI is InChI=1S/C26H29BN2O7S2.CH4/c30-26(29-25(27(31)32)16-20-8-9-20)21(15-19-5-2-1-3-6-19)18-37(33,34)22-10-12-23(13-11-22)38(35,36)24-7-4-14-28-17-24;/h1-7,10-14,17,20-21,25,31-32H,8-9,15-16,18H2,(H,29,30);1H4/t21-,25+;/m1./s1. The molecule has 0 spiro atoms. The second kappa shape index (κ2) is 12.9. The fraction of sp³-hybridized carbons (Fsp3) is 0.333. The van der Waals surface area contributed by atoms with Gasteiger partial charge in [-0.1, -0.05) is 50.6 Å². The van der Waals surface area contributed by atoms with Gasteiger partial charge in [-0.3, -0.25) is 9.78 Å². The van der Waals surface area contributed by atoms with E-state index in [9.17, 15) is 31.7 Å². The van der Waals surface area contributed by atoms with Gasteiger partial charge in [-0.25, -0.2) is 16.8 Å². The lowest BCUT2D eigenvalue weighted by molar-refractivity contribution is -0.124. The summed E-state index contributed by atoms with van der Waals surface area (Å²) in [5.41, 5.74) is 0.754. The van der Waals surface area contributed by atoms with Gasteiger partial charge in [0.25, 0.3) is 0 Å². The third kappa shape index (κ3) is 7.98. The first-order valence-electron chi connectivity index (χ1n) is 12.2. The highest BCUT2D eigenvalue weighted by atomic mass is 32.2. The van der Waals surface area contributed by atoms with Crippen LogP contribution in [0.5, 0.6) is 0 Å². The first-order valence-corrected chi connectivity index (χ1v) is 15.4. The van der Waals surface area contributed by atoms with Gasteiger partial charge in [0.15, 0.2) is 9.84 Å². The molecule has 1 amide bonds. The van der Waals surface area contributed by atoms with Crippen LogP contribution in [0, 0.1) is 11.8 Å². The highest BCUT2D eigenvalue weighted by molar-refractivity contribution is 7.92. The van der Waals surface area contributed by atoms with Crippen molar-refractivity contribution in [1.82, 2.24) is 10.3 Å². The molecule has 9 nitrogen and oxygen atoms in total. The van der Waals surface area contributed by atoms with E-state index in [4.69, 9.17) is 0 Å². The molecule has 1 heterocycles. The average Bonchev–Trinajstić information content (AvgIpc) is 3.73. The van der Waals surface area contributed by atoms with Gasteiger partial charge in [-0.05, 0) is 60.7 Å². The fourth-order valence-corrected chi connectivity index (χ4v) is 6.99. The van der Waals surface area contributed by atoms with Crippen molar-refractivity contribution in [2.45, 2.75) is 53.7 Å². The topological polar surface area (TPSA) is 151 Å². The minimum Gasteiger partial charge on any atom is -0.426 e. The molecule has 0 unspecified atom stereocenters. The summed E-state index contributed by atoms with van der Waals surface area (Å²) in [4.78, 5) is 16.8. The van der Waals surface area contributed by atoms with Crippen molar-refractivity contribution in [1.29, 1.82) is 0 Å². The van der Waals surface area contributed by atoms with E-state index in [1.54, 1.807) is 24.3 Å². The zero-order valence-electron chi connectivity index (χ0n) is 20.5. The summed E-state index contributed by atoms with van der Waals surface area (Å²) in [6.45, 7) is 0. The summed E-state index contributed by atoms with van der Waals surface area (Å²) in [5.74, 6) is -2.73. The van der Waals surface area contributed by atoms with Gasteiger partial charge in [0.1, 0.15) is 0 Å². The predicted molar refractivity (Wildman–Crippen MR) is 148 cm³/mol. The highest BCUT2D eigenvalue weighted by Crippen LogP contribution is 2.34. The van der Waals surface area contributed by atoms with Crippen LogP contribution in [0.3, 0.4) is 0 Å². The molecule has 1 aliphatic carbocycles. The first kappa shape index (κ1) is 30.5. The molecule has 0 radical (unpaired) electrons. The van der Waals surface area contributed by atoms with Crippen molar-refractivity contribution in [3.05, 3.63) is 84.7 Å². The first-order chi connectivity index (χ1) is 18.1. The number of rotatable bonds is 12. The molecule has 2 aromatic carbocycles. The number of nitrogens with zero attached hydrogens (tertiary/aromatic N) is 1. The quantitative estimate of drug-likeness (QED) is 0.280. The molecule has 3 N–H and O–H groups in total. The predicted octanol–water partition coefficient (Wildman–Crippen LogP) is 2.48. The van der Waals surface area contributed by atoms with Crippen LogP contribution in [0.2, 0.25) is 0 Å². The van der Waals surface area contributed by atoms with Crippen molar-refractivity contribution >= 4 is 32.7 Å². The minimum atomic E-state index is -4.01. The number of pyridine rings is 1. The highest BCUT2D eigenvalue weighted by Gasteiger charge is 2.35. The molecule has 0 bridgehead atoms. The molecule has 0 saturated heterocycles. The smallest absolute Gasteiger partial charge is 0.426 e. The number of carbonyl (C=O) groups excluding carboxylic acids is 1. The van der Waals surface area contributed by atoms with Crippen molar-refractivity contribution in [2.75, 3.05) is 5.75 Å². The number of sulfone groups is 2. The lowest BCUT2D eigenvalue weighted by Gasteiger charge is -2.22. The number of hydrogen-bond acceptors (Lipinski definition) is 8. The number of benzene rings is 2. The molecule has 1 aromatic heterocycles. The van der Waals surface area contributed by atoms with Gasteiger partial charge in [0.2, 0.25) is 15.7 Å². The second-order valence-electron chi connectivity index (χ2n) is 9.54. The zero-order valence-corrected chi connectivity index (χ0v) is 22.2. The van der Waals surface area contributed by atoms with Crippen LogP contribution in [0.25, 0.3) is 0 Å². The molecule has 0 aliphatic heterocycles. The lowest BCUT2D eigenvalue weighted by atomic mass is 9.76. The van der Waals surface area contributed by atoms with Crippen LogP contribution >= 0.6 is 0 Å². The summed E-state index contributed by atoms with van der Waals surface area (Å²) in [5, 5.41) is 22.2. The number of aromatic nitrogens is 1. The Morgan fingerprint density at radius 2 is 1.56 bits per heavy atom. The van der Waals surface area contributed by atoms with Crippen molar-refractivity contribution < 1.29 is 31.7 Å². The Labute approximate surface area is 230 Å². The molecule has 4 rings (SSSR count). The molecule has 12 heteroatoms. The maximum absolute atomic E-state index is 13.3. The normalized spacial score (nSPS) is 15.0. The zero-order chi connectivity index (χ0) is 27.3. The molecule has 3 aromatic rings. The van der Waals surface area contributed by atoms with Crippen LogP contribution in [-0.4, -0.2) is 56.6 Å². The Morgan fingerprint density at radius 1 is 0.923 bits per heavy atom. The van der Waals surface area contributed by atoms with Gasteiger partial charge >= 0.3 is 7.12 Å². The Bertz CT molecular complexity index is 1450. The van der Waals surface area contributed by atoms with Gasteiger partial charge in [0.05, 0.1) is 32.3 Å². The third-order valence-corrected chi connectivity index (χ3v) is 10.1. The van der Waals surface area contributed by atoms with Crippen molar-refractivity contribution in [3.63, 3.8) is 0 Å². The van der Waals surface area contributed by atoms with E-state index in [1.807, 2.05) is 6.07 Å². The summed E-state index contributed by atoms with van der Waals surface area (Å²) in [7, 11) is -9.65. The van der Waals surface area contributed by atoms with E-state index in [1.165, 1.54) is 48.8 Å². The van der Waals surface area contributed by atoms with Crippen LogP contribution in [-0.2, 0) is 30.9 Å². The number of nitrogens with one attached hydrogen (secondary N) is 1. The Kier molecular flexibility index (Phi) is 10.1. The van der Waals surface area contributed by atoms with E-state index >= 15 is 0 Å². The Balaban J connectivity index is 0.00000420. The molecule has 1 fully saturated rings.